The van der Waals surface area contributed by atoms with Crippen molar-refractivity contribution in [3.8, 4) is 0 Å². The van der Waals surface area contributed by atoms with Gasteiger partial charge >= 0.3 is 6.18 Å². The molecule has 20 heavy (non-hydrogen) atoms. The SMILES string of the molecule is CC(F)(F)F.CON(C)C(=O)c1cccc(NC=O)c1. The summed E-state index contributed by atoms with van der Waals surface area (Å²) >= 11 is 0. The lowest BCUT2D eigenvalue weighted by Crippen LogP contribution is -2.25. The van der Waals surface area contributed by atoms with Crippen LogP contribution >= 0.6 is 0 Å². The van der Waals surface area contributed by atoms with E-state index in [1.165, 1.54) is 14.2 Å². The van der Waals surface area contributed by atoms with Crippen LogP contribution in [0.3, 0.4) is 0 Å². The summed E-state index contributed by atoms with van der Waals surface area (Å²) in [5.41, 5.74) is 1.02. The molecule has 0 saturated heterocycles. The summed E-state index contributed by atoms with van der Waals surface area (Å²) in [5, 5.41) is 3.58. The Morgan fingerprint density at radius 1 is 1.40 bits per heavy atom. The van der Waals surface area contributed by atoms with Crippen LogP contribution in [-0.4, -0.2) is 37.7 Å². The average molecular weight is 292 g/mol. The van der Waals surface area contributed by atoms with Gasteiger partial charge < -0.3 is 5.32 Å². The Morgan fingerprint density at radius 2 is 1.95 bits per heavy atom. The molecular formula is C12H15F3N2O3. The maximum Gasteiger partial charge on any atom is 0.386 e. The zero-order valence-corrected chi connectivity index (χ0v) is 11.2. The first-order valence-corrected chi connectivity index (χ1v) is 5.38. The first-order chi connectivity index (χ1) is 9.19. The number of hydrogen-bond donors (Lipinski definition) is 1. The van der Waals surface area contributed by atoms with Crippen LogP contribution < -0.4 is 5.32 Å². The maximum absolute atomic E-state index is 11.6. The zero-order chi connectivity index (χ0) is 15.8. The molecule has 0 aliphatic heterocycles. The molecule has 0 atom stereocenters. The smallest absolute Gasteiger partial charge is 0.329 e. The van der Waals surface area contributed by atoms with Gasteiger partial charge in [-0.3, -0.25) is 14.4 Å². The van der Waals surface area contributed by atoms with E-state index in [9.17, 15) is 22.8 Å². The molecule has 5 nitrogen and oxygen atoms in total. The van der Waals surface area contributed by atoms with Crippen molar-refractivity contribution < 1.29 is 27.6 Å². The highest BCUT2D eigenvalue weighted by atomic mass is 19.4. The highest BCUT2D eigenvalue weighted by Gasteiger charge is 2.15. The van der Waals surface area contributed by atoms with Crippen molar-refractivity contribution in [2.75, 3.05) is 19.5 Å². The molecule has 0 aliphatic carbocycles. The van der Waals surface area contributed by atoms with Crippen LogP contribution in [0.5, 0.6) is 0 Å². The van der Waals surface area contributed by atoms with E-state index in [4.69, 9.17) is 4.84 Å². The van der Waals surface area contributed by atoms with Crippen LogP contribution in [0.25, 0.3) is 0 Å². The third-order valence-corrected chi connectivity index (χ3v) is 1.89. The fraction of sp³-hybridized carbons (Fsp3) is 0.333. The third kappa shape index (κ3) is 8.09. The molecule has 0 aliphatic rings. The highest BCUT2D eigenvalue weighted by Crippen LogP contribution is 2.11. The number of carbonyl (C=O) groups excluding carboxylic acids is 2. The predicted molar refractivity (Wildman–Crippen MR) is 67.0 cm³/mol. The van der Waals surface area contributed by atoms with Gasteiger partial charge in [0.05, 0.1) is 7.11 Å². The molecule has 0 aromatic heterocycles. The summed E-state index contributed by atoms with van der Waals surface area (Å²) in [5.74, 6) is -0.271. The summed E-state index contributed by atoms with van der Waals surface area (Å²) in [4.78, 5) is 26.6. The number of hydroxylamine groups is 2. The van der Waals surface area contributed by atoms with Crippen molar-refractivity contribution >= 4 is 18.0 Å². The van der Waals surface area contributed by atoms with Gasteiger partial charge in [-0.25, -0.2) is 5.06 Å². The number of nitrogens with one attached hydrogen (secondary N) is 1. The van der Waals surface area contributed by atoms with Crippen LogP contribution in [0.1, 0.15) is 17.3 Å². The van der Waals surface area contributed by atoms with E-state index in [2.05, 4.69) is 5.32 Å². The van der Waals surface area contributed by atoms with E-state index in [-0.39, 0.29) is 12.8 Å². The molecule has 8 heteroatoms. The Labute approximate surface area is 114 Å². The van der Waals surface area contributed by atoms with Gasteiger partial charge in [0.15, 0.2) is 0 Å². The second-order valence-corrected chi connectivity index (χ2v) is 3.61. The summed E-state index contributed by atoms with van der Waals surface area (Å²) in [6.07, 6.45) is -3.44. The normalized spacial score (nSPS) is 10.1. The number of alkyl halides is 3. The molecule has 2 amide bonds. The van der Waals surface area contributed by atoms with E-state index < -0.39 is 6.18 Å². The number of carbonyl (C=O) groups is 2. The number of hydrogen-bond acceptors (Lipinski definition) is 3. The highest BCUT2D eigenvalue weighted by molar-refractivity contribution is 5.94. The average Bonchev–Trinajstić information content (AvgIpc) is 2.36. The molecule has 0 heterocycles. The number of rotatable bonds is 4. The van der Waals surface area contributed by atoms with Gasteiger partial charge in [-0.15, -0.1) is 0 Å². The molecule has 0 radical (unpaired) electrons. The third-order valence-electron chi connectivity index (χ3n) is 1.89. The zero-order valence-electron chi connectivity index (χ0n) is 11.2. The second-order valence-electron chi connectivity index (χ2n) is 3.61. The first kappa shape index (κ1) is 17.9. The van der Waals surface area contributed by atoms with Crippen LogP contribution in [0.2, 0.25) is 0 Å². The van der Waals surface area contributed by atoms with Gasteiger partial charge in [0, 0.05) is 25.2 Å². The van der Waals surface area contributed by atoms with Crippen LogP contribution in [0.15, 0.2) is 24.3 Å². The molecule has 0 saturated carbocycles. The van der Waals surface area contributed by atoms with E-state index in [0.29, 0.717) is 17.7 Å². The standard InChI is InChI=1S/C10H12N2O3.C2H3F3/c1-12(15-2)10(14)8-4-3-5-9(6-8)11-7-13;1-2(3,4)5/h3-7H,1-2H3,(H,11,13);1H3. The minimum Gasteiger partial charge on any atom is -0.329 e. The summed E-state index contributed by atoms with van der Waals surface area (Å²) in [6.45, 7) is 0.188. The van der Waals surface area contributed by atoms with Gasteiger partial charge in [0.2, 0.25) is 6.41 Å². The van der Waals surface area contributed by atoms with E-state index in [1.807, 2.05) is 0 Å². The number of nitrogens with zero attached hydrogens (tertiary/aromatic N) is 1. The van der Waals surface area contributed by atoms with Gasteiger partial charge in [0.1, 0.15) is 0 Å². The lowest BCUT2D eigenvalue weighted by Gasteiger charge is -2.13. The molecular weight excluding hydrogens is 277 g/mol. The van der Waals surface area contributed by atoms with E-state index in [1.54, 1.807) is 24.3 Å². The van der Waals surface area contributed by atoms with Crippen LogP contribution in [0.4, 0.5) is 18.9 Å². The van der Waals surface area contributed by atoms with Crippen molar-refractivity contribution in [1.29, 1.82) is 0 Å². The van der Waals surface area contributed by atoms with Gasteiger partial charge in [-0.05, 0) is 18.2 Å². The molecule has 1 aromatic rings. The number of benzene rings is 1. The van der Waals surface area contributed by atoms with Crippen molar-refractivity contribution in [1.82, 2.24) is 5.06 Å². The largest absolute Gasteiger partial charge is 0.386 e. The fourth-order valence-electron chi connectivity index (χ4n) is 1.07. The topological polar surface area (TPSA) is 58.6 Å². The molecule has 112 valence electrons. The number of anilines is 1. The minimum absolute atomic E-state index is 0.188. The number of amides is 2. The Kier molecular flexibility index (Phi) is 7.30. The molecule has 1 rings (SSSR count). The Balaban J connectivity index is 0.000000621. The number of halogens is 3. The summed E-state index contributed by atoms with van der Waals surface area (Å²) in [6, 6.07) is 6.60. The molecule has 0 unspecified atom stereocenters. The predicted octanol–water partition coefficient (Wildman–Crippen LogP) is 2.46. The minimum atomic E-state index is -4.00. The van der Waals surface area contributed by atoms with Crippen molar-refractivity contribution in [2.24, 2.45) is 0 Å². The summed E-state index contributed by atoms with van der Waals surface area (Å²) in [7, 11) is 2.92. The van der Waals surface area contributed by atoms with Crippen LogP contribution in [0, 0.1) is 0 Å². The van der Waals surface area contributed by atoms with Crippen molar-refractivity contribution in [2.45, 2.75) is 13.1 Å². The molecule has 0 spiro atoms. The lowest BCUT2D eigenvalue weighted by molar-refractivity contribution is -0.110. The molecule has 0 fully saturated rings. The van der Waals surface area contributed by atoms with Gasteiger partial charge in [-0.2, -0.15) is 13.2 Å². The Morgan fingerprint density at radius 3 is 2.40 bits per heavy atom. The Bertz CT molecular complexity index is 444. The Hall–Kier alpha value is -2.09. The summed E-state index contributed by atoms with van der Waals surface area (Å²) < 4.78 is 31.1. The quantitative estimate of drug-likeness (QED) is 0.685. The molecule has 1 N–H and O–H groups in total. The van der Waals surface area contributed by atoms with E-state index in [0.717, 1.165) is 5.06 Å². The monoisotopic (exact) mass is 292 g/mol. The molecule has 0 bridgehead atoms. The fourth-order valence-corrected chi connectivity index (χ4v) is 1.07. The van der Waals surface area contributed by atoms with Crippen LogP contribution in [-0.2, 0) is 9.63 Å². The maximum atomic E-state index is 11.6. The van der Waals surface area contributed by atoms with Crippen molar-refractivity contribution in [3.05, 3.63) is 29.8 Å². The van der Waals surface area contributed by atoms with Gasteiger partial charge in [-0.1, -0.05) is 6.07 Å². The first-order valence-electron chi connectivity index (χ1n) is 5.38. The molecule has 1 aromatic carbocycles. The van der Waals surface area contributed by atoms with Crippen molar-refractivity contribution in [3.63, 3.8) is 0 Å². The van der Waals surface area contributed by atoms with Gasteiger partial charge in [0.25, 0.3) is 5.91 Å². The second kappa shape index (κ2) is 8.16. The van der Waals surface area contributed by atoms with E-state index >= 15 is 0 Å². The lowest BCUT2D eigenvalue weighted by atomic mass is 10.2.